The van der Waals surface area contributed by atoms with E-state index in [-0.39, 0.29) is 14.1 Å². The standard InChI is InChI=1S/C27H46N2.C4H8FN.CH4/c1-7-10-21-11-12-22-24-14-13-23(20(3)29-19-9-18-28-6)27(24,5)17-15-25(22)26(21,4)16-8-2;1-2-6-4-3-5;/h7,10,22-25,28H,1,8-9,11-19H2,2-6H3;2,6H,1,3-4H2;1H4/b21-10-,29-20?;;. The largest absolute Gasteiger partial charge is 0.389 e. The Morgan fingerprint density at radius 3 is 2.47 bits per heavy atom. The van der Waals surface area contributed by atoms with E-state index < -0.39 is 0 Å². The Labute approximate surface area is 223 Å². The molecule has 3 nitrogen and oxygen atoms in total. The van der Waals surface area contributed by atoms with E-state index in [0.29, 0.717) is 23.3 Å². The van der Waals surface area contributed by atoms with Crippen LogP contribution in [-0.4, -0.2) is 39.1 Å². The van der Waals surface area contributed by atoms with Crippen molar-refractivity contribution in [2.24, 2.45) is 39.5 Å². The topological polar surface area (TPSA) is 36.4 Å². The number of halogens is 1. The first-order valence-electron chi connectivity index (χ1n) is 14.2. The molecule has 0 saturated heterocycles. The molecule has 6 atom stereocenters. The second-order valence-corrected chi connectivity index (χ2v) is 11.5. The summed E-state index contributed by atoms with van der Waals surface area (Å²) >= 11 is 0. The Bertz CT molecular complexity index is 729. The minimum atomic E-state index is -0.327. The Hall–Kier alpha value is -1.42. The van der Waals surface area contributed by atoms with Crippen LogP contribution in [0.5, 0.6) is 0 Å². The lowest BCUT2D eigenvalue weighted by molar-refractivity contribution is -0.0408. The fraction of sp³-hybridized carbons (Fsp3) is 0.781. The van der Waals surface area contributed by atoms with Gasteiger partial charge < -0.3 is 10.6 Å². The fourth-order valence-electron chi connectivity index (χ4n) is 8.07. The van der Waals surface area contributed by atoms with Crippen LogP contribution in [0.25, 0.3) is 0 Å². The number of nitrogens with one attached hydrogen (secondary N) is 2. The lowest BCUT2D eigenvalue weighted by atomic mass is 9.47. The third kappa shape index (κ3) is 7.33. The minimum absolute atomic E-state index is 0. The zero-order valence-electron chi connectivity index (χ0n) is 23.5. The third-order valence-corrected chi connectivity index (χ3v) is 9.66. The molecule has 208 valence electrons. The van der Waals surface area contributed by atoms with Crippen molar-refractivity contribution in [2.75, 3.05) is 33.4 Å². The molecule has 3 aliphatic carbocycles. The second-order valence-electron chi connectivity index (χ2n) is 11.5. The van der Waals surface area contributed by atoms with Crippen LogP contribution in [-0.2, 0) is 0 Å². The number of hydrogen-bond acceptors (Lipinski definition) is 3. The molecule has 3 fully saturated rings. The molecule has 0 aliphatic heterocycles. The van der Waals surface area contributed by atoms with Crippen LogP contribution in [0.15, 0.2) is 42.1 Å². The van der Waals surface area contributed by atoms with Gasteiger partial charge in [0.2, 0.25) is 0 Å². The molecule has 0 aromatic carbocycles. The zero-order valence-corrected chi connectivity index (χ0v) is 23.5. The maximum atomic E-state index is 11.1. The maximum absolute atomic E-state index is 11.1. The number of rotatable bonds is 11. The molecule has 2 N–H and O–H groups in total. The van der Waals surface area contributed by atoms with Gasteiger partial charge in [-0.15, -0.1) is 0 Å². The van der Waals surface area contributed by atoms with Gasteiger partial charge in [-0.05, 0) is 107 Å². The summed E-state index contributed by atoms with van der Waals surface area (Å²) in [6.07, 6.45) is 17.9. The molecule has 4 heteroatoms. The molecule has 0 bridgehead atoms. The molecule has 0 spiro atoms. The molecular formula is C32H58FN3. The van der Waals surface area contributed by atoms with Gasteiger partial charge in [0.1, 0.15) is 6.67 Å². The zero-order chi connectivity index (χ0) is 25.9. The fourth-order valence-corrected chi connectivity index (χ4v) is 8.07. The lowest BCUT2D eigenvalue weighted by Gasteiger charge is -2.57. The Kier molecular flexibility index (Phi) is 14.3. The summed E-state index contributed by atoms with van der Waals surface area (Å²) in [6, 6.07) is 0. The summed E-state index contributed by atoms with van der Waals surface area (Å²) < 4.78 is 11.1. The van der Waals surface area contributed by atoms with Crippen molar-refractivity contribution >= 4 is 5.71 Å². The average molecular weight is 504 g/mol. The van der Waals surface area contributed by atoms with Gasteiger partial charge in [0, 0.05) is 24.7 Å². The molecule has 0 radical (unpaired) electrons. The number of hydrogen-bond donors (Lipinski definition) is 2. The molecule has 0 aromatic rings. The molecule has 3 rings (SSSR count). The van der Waals surface area contributed by atoms with Gasteiger partial charge in [-0.25, -0.2) is 4.39 Å². The molecule has 0 heterocycles. The van der Waals surface area contributed by atoms with E-state index in [0.717, 1.165) is 37.3 Å². The van der Waals surface area contributed by atoms with E-state index in [2.05, 4.69) is 57.6 Å². The van der Waals surface area contributed by atoms with Gasteiger partial charge >= 0.3 is 0 Å². The number of nitrogens with zero attached hydrogens (tertiary/aromatic N) is 1. The van der Waals surface area contributed by atoms with E-state index in [1.807, 2.05) is 13.1 Å². The molecular weight excluding hydrogens is 445 g/mol. The summed E-state index contributed by atoms with van der Waals surface area (Å²) in [5.41, 5.74) is 4.01. The highest BCUT2D eigenvalue weighted by Gasteiger charge is 2.58. The van der Waals surface area contributed by atoms with Crippen LogP contribution in [0.3, 0.4) is 0 Å². The van der Waals surface area contributed by atoms with Crippen LogP contribution in [0, 0.1) is 34.5 Å². The van der Waals surface area contributed by atoms with Crippen LogP contribution >= 0.6 is 0 Å². The summed E-state index contributed by atoms with van der Waals surface area (Å²) in [7, 11) is 2.03. The predicted molar refractivity (Wildman–Crippen MR) is 158 cm³/mol. The van der Waals surface area contributed by atoms with Crippen LogP contribution < -0.4 is 10.6 Å². The van der Waals surface area contributed by atoms with Crippen LogP contribution in [0.1, 0.15) is 92.9 Å². The van der Waals surface area contributed by atoms with Gasteiger partial charge in [0.25, 0.3) is 0 Å². The first-order chi connectivity index (χ1) is 16.8. The Balaban J connectivity index is 0.000000827. The summed E-state index contributed by atoms with van der Waals surface area (Å²) in [6.45, 7) is 19.4. The summed E-state index contributed by atoms with van der Waals surface area (Å²) in [5.74, 6) is 3.39. The van der Waals surface area contributed by atoms with E-state index in [1.54, 1.807) is 5.57 Å². The third-order valence-electron chi connectivity index (χ3n) is 9.66. The average Bonchev–Trinajstić information content (AvgIpc) is 3.20. The summed E-state index contributed by atoms with van der Waals surface area (Å²) in [4.78, 5) is 5.03. The SMILES string of the molecule is C.C=C/C=C1/CCC2C(CCC3(C)C(C(C)=NCCCNC)CCC23)C1(C)CCC.C=CNCCF. The smallest absolute Gasteiger partial charge is 0.107 e. The Morgan fingerprint density at radius 2 is 1.89 bits per heavy atom. The van der Waals surface area contributed by atoms with Gasteiger partial charge in [0.05, 0.1) is 0 Å². The summed E-state index contributed by atoms with van der Waals surface area (Å²) in [5, 5.41) is 5.83. The molecule has 36 heavy (non-hydrogen) atoms. The van der Waals surface area contributed by atoms with Crippen molar-refractivity contribution in [3.05, 3.63) is 37.1 Å². The minimum Gasteiger partial charge on any atom is -0.389 e. The quantitative estimate of drug-likeness (QED) is 0.220. The van der Waals surface area contributed by atoms with E-state index >= 15 is 0 Å². The monoisotopic (exact) mass is 503 g/mol. The molecule has 3 saturated carbocycles. The molecule has 3 aliphatic rings. The molecule has 6 unspecified atom stereocenters. The number of fused-ring (bicyclic) bond motifs is 3. The van der Waals surface area contributed by atoms with Crippen molar-refractivity contribution in [2.45, 2.75) is 92.9 Å². The van der Waals surface area contributed by atoms with Gasteiger partial charge in [-0.1, -0.05) is 65.5 Å². The van der Waals surface area contributed by atoms with E-state index in [9.17, 15) is 4.39 Å². The van der Waals surface area contributed by atoms with Crippen molar-refractivity contribution in [1.82, 2.24) is 10.6 Å². The predicted octanol–water partition coefficient (Wildman–Crippen LogP) is 8.15. The van der Waals surface area contributed by atoms with Crippen molar-refractivity contribution in [3.63, 3.8) is 0 Å². The van der Waals surface area contributed by atoms with Crippen LogP contribution in [0.4, 0.5) is 4.39 Å². The van der Waals surface area contributed by atoms with Crippen molar-refractivity contribution < 1.29 is 4.39 Å². The van der Waals surface area contributed by atoms with Gasteiger partial charge in [-0.3, -0.25) is 4.99 Å². The number of allylic oxidation sites excluding steroid dienone is 3. The molecule has 0 amide bonds. The maximum Gasteiger partial charge on any atom is 0.107 e. The van der Waals surface area contributed by atoms with Gasteiger partial charge in [-0.2, -0.15) is 0 Å². The first kappa shape index (κ1) is 32.6. The molecule has 0 aromatic heterocycles. The highest BCUT2D eigenvalue weighted by Crippen LogP contribution is 2.66. The van der Waals surface area contributed by atoms with Crippen molar-refractivity contribution in [3.8, 4) is 0 Å². The normalized spacial score (nSPS) is 34.5. The highest BCUT2D eigenvalue weighted by molar-refractivity contribution is 5.85. The lowest BCUT2D eigenvalue weighted by Crippen LogP contribution is -2.50. The van der Waals surface area contributed by atoms with Crippen LogP contribution in [0.2, 0.25) is 0 Å². The number of aliphatic imine (C=N–C) groups is 1. The van der Waals surface area contributed by atoms with Gasteiger partial charge in [0.15, 0.2) is 0 Å². The Morgan fingerprint density at radius 1 is 1.14 bits per heavy atom. The van der Waals surface area contributed by atoms with Crippen molar-refractivity contribution in [1.29, 1.82) is 0 Å². The number of alkyl halides is 1. The van der Waals surface area contributed by atoms with E-state index in [4.69, 9.17) is 4.99 Å². The first-order valence-corrected chi connectivity index (χ1v) is 14.2. The van der Waals surface area contributed by atoms with E-state index in [1.165, 1.54) is 63.3 Å². The second kappa shape index (κ2) is 15.7. The highest BCUT2D eigenvalue weighted by atomic mass is 19.1.